The van der Waals surface area contributed by atoms with Crippen LogP contribution < -0.4 is 5.73 Å². The van der Waals surface area contributed by atoms with Crippen LogP contribution in [0.3, 0.4) is 0 Å². The summed E-state index contributed by atoms with van der Waals surface area (Å²) in [5.41, 5.74) is 6.22. The second-order valence-corrected chi connectivity index (χ2v) is 6.90. The second kappa shape index (κ2) is 8.26. The summed E-state index contributed by atoms with van der Waals surface area (Å²) in [4.78, 5) is 12.0. The molecule has 5 heteroatoms. The predicted octanol–water partition coefficient (Wildman–Crippen LogP) is 4.02. The van der Waals surface area contributed by atoms with Gasteiger partial charge in [-0.05, 0) is 99.3 Å². The number of rotatable bonds is 6. The van der Waals surface area contributed by atoms with E-state index in [1.54, 1.807) is 6.42 Å². The van der Waals surface area contributed by atoms with Gasteiger partial charge in [-0.15, -0.1) is 0 Å². The number of Topliss-reactive ketones (excluding diaryl/α,β-unsaturated/α-hetero) is 1. The third-order valence-corrected chi connectivity index (χ3v) is 7.49. The normalized spacial score (nSPS) is 10.6. The average molecular weight is 568 g/mol. The molecule has 2 nitrogen and oxygen atoms in total. The fourth-order valence-corrected chi connectivity index (χ4v) is 3.52. The van der Waals surface area contributed by atoms with E-state index < -0.39 is 0 Å². The van der Waals surface area contributed by atoms with Crippen LogP contribution in [0.15, 0.2) is 12.1 Å². The van der Waals surface area contributed by atoms with Crippen molar-refractivity contribution in [3.63, 3.8) is 0 Å². The van der Waals surface area contributed by atoms with Gasteiger partial charge in [-0.1, -0.05) is 6.42 Å². The maximum absolute atomic E-state index is 12.0. The van der Waals surface area contributed by atoms with E-state index in [0.29, 0.717) is 6.54 Å². The highest BCUT2D eigenvalue weighted by Gasteiger charge is 2.13. The maximum atomic E-state index is 12.0. The molecule has 0 unspecified atom stereocenters. The van der Waals surface area contributed by atoms with Gasteiger partial charge in [0.25, 0.3) is 0 Å². The van der Waals surface area contributed by atoms with Crippen LogP contribution in [-0.2, 0) is 0 Å². The molecule has 0 aromatic heterocycles. The average Bonchev–Trinajstić information content (AvgIpc) is 2.31. The van der Waals surface area contributed by atoms with E-state index in [0.717, 1.165) is 32.0 Å². The molecule has 17 heavy (non-hydrogen) atoms. The first-order valence-corrected chi connectivity index (χ1v) is 8.52. The van der Waals surface area contributed by atoms with Gasteiger partial charge < -0.3 is 5.73 Å². The number of carbonyl (C=O) groups is 1. The minimum Gasteiger partial charge on any atom is -0.330 e. The molecule has 1 radical (unpaired) electrons. The van der Waals surface area contributed by atoms with E-state index in [1.165, 1.54) is 3.57 Å². The van der Waals surface area contributed by atoms with Crippen LogP contribution >= 0.6 is 67.8 Å². The van der Waals surface area contributed by atoms with Crippen molar-refractivity contribution in [3.05, 3.63) is 34.8 Å². The summed E-state index contributed by atoms with van der Waals surface area (Å²) >= 11 is 6.80. The van der Waals surface area contributed by atoms with Crippen LogP contribution in [0.25, 0.3) is 0 Å². The quantitative estimate of drug-likeness (QED) is 0.244. The molecule has 0 amide bonds. The molecule has 0 fully saturated rings. The molecule has 1 rings (SSSR count). The molecule has 0 aliphatic rings. The number of ketones is 1. The number of hydrogen-bond acceptors (Lipinski definition) is 2. The third-order valence-electron chi connectivity index (χ3n) is 2.29. The lowest BCUT2D eigenvalue weighted by molar-refractivity contribution is 0.102. The van der Waals surface area contributed by atoms with Gasteiger partial charge in [0.1, 0.15) is 0 Å². The number of carbonyl (C=O) groups excluding carboxylic acids is 1. The lowest BCUT2D eigenvalue weighted by Gasteiger charge is -2.07. The summed E-state index contributed by atoms with van der Waals surface area (Å²) in [5.74, 6) is 0.126. The number of benzene rings is 1. The summed E-state index contributed by atoms with van der Waals surface area (Å²) < 4.78 is 3.40. The highest BCUT2D eigenvalue weighted by atomic mass is 127. The summed E-state index contributed by atoms with van der Waals surface area (Å²) in [6, 6.07) is 3.90. The largest absolute Gasteiger partial charge is 0.330 e. The Morgan fingerprint density at radius 1 is 1.18 bits per heavy atom. The number of nitrogens with two attached hydrogens (primary N) is 1. The van der Waals surface area contributed by atoms with Crippen molar-refractivity contribution in [2.75, 3.05) is 6.54 Å². The molecule has 93 valence electrons. The first kappa shape index (κ1) is 16.1. The Hall–Kier alpha value is 1.04. The van der Waals surface area contributed by atoms with E-state index in [-0.39, 0.29) is 5.78 Å². The molecule has 0 spiro atoms. The van der Waals surface area contributed by atoms with Crippen LogP contribution in [0, 0.1) is 17.1 Å². The summed E-state index contributed by atoms with van der Waals surface area (Å²) in [6.07, 6.45) is 4.55. The summed E-state index contributed by atoms with van der Waals surface area (Å²) in [5, 5.41) is 0. The Morgan fingerprint density at radius 3 is 2.53 bits per heavy atom. The molecule has 2 N–H and O–H groups in total. The van der Waals surface area contributed by atoms with Crippen LogP contribution in [0.2, 0.25) is 0 Å². The fourth-order valence-electron chi connectivity index (χ4n) is 1.35. The number of halogens is 3. The standard InChI is InChI=1S/C12H13I3NO/c13-9-6-5-8(11(14)12(9)15)10(17)4-2-1-3-7-16/h4-6H,1-3,7,16H2. The summed E-state index contributed by atoms with van der Waals surface area (Å²) in [6.45, 7) is 0.695. The maximum Gasteiger partial charge on any atom is 0.167 e. The Morgan fingerprint density at radius 2 is 1.88 bits per heavy atom. The van der Waals surface area contributed by atoms with Crippen molar-refractivity contribution in [3.8, 4) is 0 Å². The van der Waals surface area contributed by atoms with Crippen molar-refractivity contribution in [2.24, 2.45) is 5.73 Å². The fraction of sp³-hybridized carbons (Fsp3) is 0.333. The van der Waals surface area contributed by atoms with Gasteiger partial charge in [0.15, 0.2) is 5.78 Å². The van der Waals surface area contributed by atoms with Gasteiger partial charge >= 0.3 is 0 Å². The van der Waals surface area contributed by atoms with Crippen molar-refractivity contribution in [2.45, 2.75) is 19.3 Å². The van der Waals surface area contributed by atoms with Crippen molar-refractivity contribution < 1.29 is 4.79 Å². The smallest absolute Gasteiger partial charge is 0.167 e. The molecule has 0 atom stereocenters. The van der Waals surface area contributed by atoms with Gasteiger partial charge in [-0.3, -0.25) is 4.79 Å². The van der Waals surface area contributed by atoms with E-state index in [4.69, 9.17) is 5.73 Å². The molecule has 0 bridgehead atoms. The molecule has 1 aromatic carbocycles. The number of hydrogen-bond donors (Lipinski definition) is 1. The van der Waals surface area contributed by atoms with Gasteiger partial charge in [-0.25, -0.2) is 0 Å². The lowest BCUT2D eigenvalue weighted by Crippen LogP contribution is -2.05. The Bertz CT molecular complexity index is 407. The molecule has 0 saturated heterocycles. The predicted molar refractivity (Wildman–Crippen MR) is 96.1 cm³/mol. The first-order chi connectivity index (χ1) is 8.07. The zero-order chi connectivity index (χ0) is 12.8. The SMILES string of the molecule is NCCCC[CH]C(=O)c1ccc(I)c(I)c1I. The molecular formula is C12H13I3NO. The van der Waals surface area contributed by atoms with E-state index in [2.05, 4.69) is 67.8 Å². The van der Waals surface area contributed by atoms with Crippen molar-refractivity contribution in [1.82, 2.24) is 0 Å². The Labute approximate surface area is 143 Å². The molecule has 1 aromatic rings. The highest BCUT2D eigenvalue weighted by Crippen LogP contribution is 2.25. The zero-order valence-electron chi connectivity index (χ0n) is 9.18. The van der Waals surface area contributed by atoms with Crippen LogP contribution in [0.4, 0.5) is 0 Å². The van der Waals surface area contributed by atoms with Crippen molar-refractivity contribution in [1.29, 1.82) is 0 Å². The van der Waals surface area contributed by atoms with Gasteiger partial charge in [0, 0.05) is 22.7 Å². The molecule has 0 aliphatic heterocycles. The minimum absolute atomic E-state index is 0.126. The summed E-state index contributed by atoms with van der Waals surface area (Å²) in [7, 11) is 0. The molecule has 0 heterocycles. The first-order valence-electron chi connectivity index (χ1n) is 5.29. The van der Waals surface area contributed by atoms with Crippen LogP contribution in [-0.4, -0.2) is 12.3 Å². The lowest BCUT2D eigenvalue weighted by atomic mass is 10.0. The van der Waals surface area contributed by atoms with E-state index in [1.807, 2.05) is 12.1 Å². The molecule has 0 saturated carbocycles. The Balaban J connectivity index is 2.66. The van der Waals surface area contributed by atoms with Gasteiger partial charge in [-0.2, -0.15) is 0 Å². The Kier molecular flexibility index (Phi) is 7.82. The van der Waals surface area contributed by atoms with Gasteiger partial charge in [0.05, 0.1) is 0 Å². The van der Waals surface area contributed by atoms with Gasteiger partial charge in [0.2, 0.25) is 0 Å². The number of unbranched alkanes of at least 4 members (excludes halogenated alkanes) is 2. The zero-order valence-corrected chi connectivity index (χ0v) is 15.7. The third kappa shape index (κ3) is 4.90. The van der Waals surface area contributed by atoms with Crippen LogP contribution in [0.1, 0.15) is 29.6 Å². The van der Waals surface area contributed by atoms with E-state index in [9.17, 15) is 4.79 Å². The topological polar surface area (TPSA) is 43.1 Å². The molecule has 0 aliphatic carbocycles. The second-order valence-electron chi connectivity index (χ2n) is 3.58. The highest BCUT2D eigenvalue weighted by molar-refractivity contribution is 14.1. The monoisotopic (exact) mass is 568 g/mol. The van der Waals surface area contributed by atoms with Crippen molar-refractivity contribution >= 4 is 73.6 Å². The van der Waals surface area contributed by atoms with Crippen LogP contribution in [0.5, 0.6) is 0 Å². The minimum atomic E-state index is 0.126. The van der Waals surface area contributed by atoms with E-state index >= 15 is 0 Å². The molecular weight excluding hydrogens is 555 g/mol.